The highest BCUT2D eigenvalue weighted by Gasteiger charge is 2.35. The molecule has 0 unspecified atom stereocenters. The summed E-state index contributed by atoms with van der Waals surface area (Å²) in [7, 11) is 0. The highest BCUT2D eigenvalue weighted by atomic mass is 15.2. The number of fused-ring (bicyclic) bond motifs is 8. The van der Waals surface area contributed by atoms with E-state index in [4.69, 9.17) is 9.97 Å². The molecule has 8 aromatic carbocycles. The topological polar surface area (TPSA) is 30.7 Å². The third-order valence-electron chi connectivity index (χ3n) is 11.6. The molecule has 0 saturated heterocycles. The molecule has 3 nitrogen and oxygen atoms in total. The molecule has 0 bridgehead atoms. The average Bonchev–Trinajstić information content (AvgIpc) is 3.67. The van der Waals surface area contributed by atoms with Gasteiger partial charge in [-0.05, 0) is 80.0 Å². The van der Waals surface area contributed by atoms with Crippen molar-refractivity contribution in [3.63, 3.8) is 0 Å². The van der Waals surface area contributed by atoms with Crippen LogP contribution in [0.2, 0.25) is 0 Å². The van der Waals surface area contributed by atoms with E-state index in [9.17, 15) is 0 Å². The predicted octanol–water partition coefficient (Wildman–Crippen LogP) is 13.2. The Hall–Kier alpha value is -6.84. The van der Waals surface area contributed by atoms with E-state index in [1.807, 2.05) is 0 Å². The standard InChI is InChI=1S/C51H35N3/c1-51(2)44-24-10-8-20-39(44)40-27-26-36(30-45(40)51)33-18-12-19-37(28-33)38-22-13-23-41-43-29-34-16-6-7-17-35(34)31-47(43)54(49(38)41)50-52-46-25-11-9-21-42(46)48(53-50)32-14-4-3-5-15-32/h3-31H,1-2H3. The van der Waals surface area contributed by atoms with Crippen molar-refractivity contribution in [2.75, 3.05) is 0 Å². The lowest BCUT2D eigenvalue weighted by molar-refractivity contribution is 0.660. The SMILES string of the molecule is CC1(C)c2ccccc2-c2ccc(-c3cccc(-c4cccc5c6cc7ccccc7cc6n(-c6nc(-c7ccccc7)c7ccccc7n6)c45)c3)cc21. The van der Waals surface area contributed by atoms with Gasteiger partial charge in [-0.3, -0.25) is 4.57 Å². The molecule has 3 heteroatoms. The van der Waals surface area contributed by atoms with Crippen LogP contribution in [0.3, 0.4) is 0 Å². The first-order valence-electron chi connectivity index (χ1n) is 18.7. The fourth-order valence-corrected chi connectivity index (χ4v) is 8.92. The molecule has 254 valence electrons. The summed E-state index contributed by atoms with van der Waals surface area (Å²) >= 11 is 0. The minimum Gasteiger partial charge on any atom is -0.277 e. The van der Waals surface area contributed by atoms with E-state index in [1.165, 1.54) is 54.9 Å². The van der Waals surface area contributed by atoms with Crippen LogP contribution in [-0.2, 0) is 5.41 Å². The maximum absolute atomic E-state index is 5.41. The summed E-state index contributed by atoms with van der Waals surface area (Å²) in [4.78, 5) is 10.7. The summed E-state index contributed by atoms with van der Waals surface area (Å²) in [5.41, 5.74) is 15.2. The normalized spacial score (nSPS) is 13.1. The van der Waals surface area contributed by atoms with Crippen LogP contribution in [0.15, 0.2) is 176 Å². The molecule has 2 aromatic heterocycles. The number of benzene rings is 8. The minimum absolute atomic E-state index is 0.0614. The van der Waals surface area contributed by atoms with Crippen LogP contribution in [0.4, 0.5) is 0 Å². The van der Waals surface area contributed by atoms with Crippen molar-refractivity contribution in [2.45, 2.75) is 19.3 Å². The maximum Gasteiger partial charge on any atom is 0.235 e. The zero-order chi connectivity index (χ0) is 36.0. The van der Waals surface area contributed by atoms with Crippen LogP contribution in [-0.4, -0.2) is 14.5 Å². The highest BCUT2D eigenvalue weighted by Crippen LogP contribution is 2.50. The fraction of sp³-hybridized carbons (Fsp3) is 0.0588. The largest absolute Gasteiger partial charge is 0.277 e. The lowest BCUT2D eigenvalue weighted by Gasteiger charge is -2.22. The Balaban J connectivity index is 1.16. The molecule has 1 aliphatic rings. The van der Waals surface area contributed by atoms with Crippen LogP contribution in [0.25, 0.3) is 94.1 Å². The van der Waals surface area contributed by atoms with Crippen molar-refractivity contribution < 1.29 is 0 Å². The zero-order valence-electron chi connectivity index (χ0n) is 30.1. The lowest BCUT2D eigenvalue weighted by atomic mass is 9.81. The van der Waals surface area contributed by atoms with Gasteiger partial charge < -0.3 is 0 Å². The number of aromatic nitrogens is 3. The van der Waals surface area contributed by atoms with Crippen molar-refractivity contribution in [1.29, 1.82) is 0 Å². The van der Waals surface area contributed by atoms with E-state index in [2.05, 4.69) is 194 Å². The second-order valence-electron chi connectivity index (χ2n) is 15.0. The molecule has 0 spiro atoms. The van der Waals surface area contributed by atoms with Gasteiger partial charge in [0.1, 0.15) is 0 Å². The number of para-hydroxylation sites is 2. The van der Waals surface area contributed by atoms with Crippen LogP contribution in [0.1, 0.15) is 25.0 Å². The van der Waals surface area contributed by atoms with Crippen molar-refractivity contribution in [3.05, 3.63) is 187 Å². The predicted molar refractivity (Wildman–Crippen MR) is 225 cm³/mol. The van der Waals surface area contributed by atoms with Gasteiger partial charge in [-0.2, -0.15) is 0 Å². The number of hydrogen-bond acceptors (Lipinski definition) is 2. The van der Waals surface area contributed by atoms with Crippen LogP contribution in [0, 0.1) is 0 Å². The van der Waals surface area contributed by atoms with Crippen LogP contribution in [0.5, 0.6) is 0 Å². The summed E-state index contributed by atoms with van der Waals surface area (Å²) in [6.45, 7) is 4.69. The molecule has 0 radical (unpaired) electrons. The van der Waals surface area contributed by atoms with Gasteiger partial charge in [0, 0.05) is 32.7 Å². The molecule has 0 saturated carbocycles. The fourth-order valence-electron chi connectivity index (χ4n) is 8.92. The Morgan fingerprint density at radius 3 is 1.96 bits per heavy atom. The lowest BCUT2D eigenvalue weighted by Crippen LogP contribution is -2.14. The Morgan fingerprint density at radius 2 is 1.07 bits per heavy atom. The van der Waals surface area contributed by atoms with Gasteiger partial charge in [0.05, 0.1) is 22.2 Å². The number of hydrogen-bond donors (Lipinski definition) is 0. The summed E-state index contributed by atoms with van der Waals surface area (Å²) in [6.07, 6.45) is 0. The average molecular weight is 690 g/mol. The van der Waals surface area contributed by atoms with Gasteiger partial charge >= 0.3 is 0 Å². The van der Waals surface area contributed by atoms with Crippen molar-refractivity contribution in [3.8, 4) is 50.6 Å². The molecular formula is C51H35N3. The van der Waals surface area contributed by atoms with Gasteiger partial charge in [-0.25, -0.2) is 9.97 Å². The van der Waals surface area contributed by atoms with E-state index < -0.39 is 0 Å². The molecule has 0 atom stereocenters. The molecule has 1 aliphatic carbocycles. The summed E-state index contributed by atoms with van der Waals surface area (Å²) in [5, 5.41) is 5.78. The van der Waals surface area contributed by atoms with E-state index in [1.54, 1.807) is 0 Å². The molecule has 0 amide bonds. The maximum atomic E-state index is 5.41. The second-order valence-corrected chi connectivity index (χ2v) is 15.0. The van der Waals surface area contributed by atoms with Gasteiger partial charge in [0.25, 0.3) is 0 Å². The minimum atomic E-state index is -0.0614. The summed E-state index contributed by atoms with van der Waals surface area (Å²) < 4.78 is 2.30. The van der Waals surface area contributed by atoms with Crippen LogP contribution >= 0.6 is 0 Å². The van der Waals surface area contributed by atoms with E-state index >= 15 is 0 Å². The summed E-state index contributed by atoms with van der Waals surface area (Å²) in [6, 6.07) is 63.6. The van der Waals surface area contributed by atoms with Crippen molar-refractivity contribution >= 4 is 43.5 Å². The van der Waals surface area contributed by atoms with Crippen molar-refractivity contribution in [1.82, 2.24) is 14.5 Å². The first-order chi connectivity index (χ1) is 26.5. The molecule has 10 aromatic rings. The Morgan fingerprint density at radius 1 is 0.426 bits per heavy atom. The molecule has 0 aliphatic heterocycles. The van der Waals surface area contributed by atoms with Gasteiger partial charge in [-0.1, -0.05) is 159 Å². The molecule has 54 heavy (non-hydrogen) atoms. The van der Waals surface area contributed by atoms with E-state index in [0.717, 1.165) is 44.3 Å². The summed E-state index contributed by atoms with van der Waals surface area (Å²) in [5.74, 6) is 0.659. The number of rotatable bonds is 4. The molecule has 11 rings (SSSR count). The molecule has 0 fully saturated rings. The zero-order valence-corrected chi connectivity index (χ0v) is 30.1. The monoisotopic (exact) mass is 689 g/mol. The van der Waals surface area contributed by atoms with E-state index in [0.29, 0.717) is 5.95 Å². The Kier molecular flexibility index (Phi) is 6.60. The molecule has 2 heterocycles. The third kappa shape index (κ3) is 4.55. The van der Waals surface area contributed by atoms with Gasteiger partial charge in [0.15, 0.2) is 0 Å². The van der Waals surface area contributed by atoms with Gasteiger partial charge in [0.2, 0.25) is 5.95 Å². The quantitative estimate of drug-likeness (QED) is 0.184. The smallest absolute Gasteiger partial charge is 0.235 e. The Bertz CT molecular complexity index is 3130. The first-order valence-corrected chi connectivity index (χ1v) is 18.7. The highest BCUT2D eigenvalue weighted by molar-refractivity contribution is 6.17. The third-order valence-corrected chi connectivity index (χ3v) is 11.6. The number of nitrogens with zero attached hydrogens (tertiary/aromatic N) is 3. The van der Waals surface area contributed by atoms with Gasteiger partial charge in [-0.15, -0.1) is 0 Å². The molecular weight excluding hydrogens is 655 g/mol. The second kappa shape index (κ2) is 11.6. The van der Waals surface area contributed by atoms with Crippen LogP contribution < -0.4 is 0 Å². The van der Waals surface area contributed by atoms with E-state index in [-0.39, 0.29) is 5.41 Å². The van der Waals surface area contributed by atoms with Crippen molar-refractivity contribution in [2.24, 2.45) is 0 Å². The molecule has 0 N–H and O–H groups in total. The Labute approximate surface area is 313 Å². The first kappa shape index (κ1) is 30.8.